The van der Waals surface area contributed by atoms with Crippen LogP contribution in [0.15, 0.2) is 27.3 Å². The fourth-order valence-corrected chi connectivity index (χ4v) is 2.53. The summed E-state index contributed by atoms with van der Waals surface area (Å²) in [5.74, 6) is 1.07. The maximum Gasteiger partial charge on any atom is 0.244 e. The second kappa shape index (κ2) is 5.36. The standard InChI is InChI=1S/C12H13BrN4O2/c1-18-7-5-9(15-6-7)12-16-11(17-19-12)10-8(13)3-2-4-14-10/h2-4,7,9,15H,5-6H2,1H3/t7-,9+/m0/s1. The van der Waals surface area contributed by atoms with E-state index in [1.165, 1.54) is 0 Å². The first kappa shape index (κ1) is 12.7. The molecule has 2 atom stereocenters. The molecule has 3 heterocycles. The van der Waals surface area contributed by atoms with Crippen molar-refractivity contribution in [2.24, 2.45) is 0 Å². The molecule has 2 aromatic rings. The van der Waals surface area contributed by atoms with E-state index in [-0.39, 0.29) is 12.1 Å². The Morgan fingerprint density at radius 1 is 1.53 bits per heavy atom. The van der Waals surface area contributed by atoms with Gasteiger partial charge in [0.1, 0.15) is 5.69 Å². The van der Waals surface area contributed by atoms with E-state index in [0.29, 0.717) is 17.4 Å². The number of methoxy groups -OCH3 is 1. The van der Waals surface area contributed by atoms with Crippen LogP contribution in [0.3, 0.4) is 0 Å². The van der Waals surface area contributed by atoms with Crippen molar-refractivity contribution in [1.29, 1.82) is 0 Å². The van der Waals surface area contributed by atoms with Gasteiger partial charge in [0.2, 0.25) is 11.7 Å². The fourth-order valence-electron chi connectivity index (χ4n) is 2.09. The molecule has 100 valence electrons. The molecule has 0 saturated carbocycles. The Balaban J connectivity index is 1.82. The molecule has 3 rings (SSSR count). The predicted molar refractivity (Wildman–Crippen MR) is 71.4 cm³/mol. The highest BCUT2D eigenvalue weighted by molar-refractivity contribution is 9.10. The van der Waals surface area contributed by atoms with E-state index in [0.717, 1.165) is 17.4 Å². The summed E-state index contributed by atoms with van der Waals surface area (Å²) in [4.78, 5) is 8.65. The number of ether oxygens (including phenoxy) is 1. The number of nitrogens with zero attached hydrogens (tertiary/aromatic N) is 3. The number of rotatable bonds is 3. The summed E-state index contributed by atoms with van der Waals surface area (Å²) in [6.45, 7) is 0.798. The third-order valence-corrected chi connectivity index (χ3v) is 3.77. The van der Waals surface area contributed by atoms with Gasteiger partial charge in [0, 0.05) is 24.3 Å². The van der Waals surface area contributed by atoms with Gasteiger partial charge in [-0.1, -0.05) is 5.16 Å². The van der Waals surface area contributed by atoms with Gasteiger partial charge in [-0.15, -0.1) is 0 Å². The van der Waals surface area contributed by atoms with Gasteiger partial charge >= 0.3 is 0 Å². The molecule has 1 aliphatic heterocycles. The first-order valence-corrected chi connectivity index (χ1v) is 6.78. The smallest absolute Gasteiger partial charge is 0.244 e. The monoisotopic (exact) mass is 324 g/mol. The molecule has 1 fully saturated rings. The molecule has 0 unspecified atom stereocenters. The minimum Gasteiger partial charge on any atom is -0.380 e. The van der Waals surface area contributed by atoms with Crippen LogP contribution in [-0.4, -0.2) is 34.9 Å². The summed E-state index contributed by atoms with van der Waals surface area (Å²) in [7, 11) is 1.71. The first-order chi connectivity index (χ1) is 9.28. The third-order valence-electron chi connectivity index (χ3n) is 3.13. The van der Waals surface area contributed by atoms with Crippen LogP contribution in [-0.2, 0) is 4.74 Å². The summed E-state index contributed by atoms with van der Waals surface area (Å²) in [6.07, 6.45) is 2.73. The average molecular weight is 325 g/mol. The Bertz CT molecular complexity index is 574. The Morgan fingerprint density at radius 2 is 2.42 bits per heavy atom. The third kappa shape index (κ3) is 2.54. The van der Waals surface area contributed by atoms with E-state index in [2.05, 4.69) is 36.4 Å². The molecule has 0 bridgehead atoms. The Morgan fingerprint density at radius 3 is 3.16 bits per heavy atom. The molecule has 0 spiro atoms. The molecule has 0 radical (unpaired) electrons. The van der Waals surface area contributed by atoms with E-state index in [1.807, 2.05) is 12.1 Å². The quantitative estimate of drug-likeness (QED) is 0.930. The molecule has 2 aromatic heterocycles. The minimum absolute atomic E-state index is 0.0497. The molecular formula is C12H13BrN4O2. The predicted octanol–water partition coefficient (Wildman–Crippen LogP) is 1.94. The van der Waals surface area contributed by atoms with Crippen molar-refractivity contribution in [3.05, 3.63) is 28.7 Å². The van der Waals surface area contributed by atoms with Gasteiger partial charge in [0.15, 0.2) is 0 Å². The number of pyridine rings is 1. The lowest BCUT2D eigenvalue weighted by Crippen LogP contribution is -2.16. The van der Waals surface area contributed by atoms with Crippen LogP contribution in [0.2, 0.25) is 0 Å². The van der Waals surface area contributed by atoms with Crippen molar-refractivity contribution in [2.45, 2.75) is 18.6 Å². The summed E-state index contributed by atoms with van der Waals surface area (Å²) in [6, 6.07) is 3.79. The van der Waals surface area contributed by atoms with E-state index in [9.17, 15) is 0 Å². The van der Waals surface area contributed by atoms with Crippen molar-refractivity contribution in [1.82, 2.24) is 20.4 Å². The molecule has 0 amide bonds. The van der Waals surface area contributed by atoms with E-state index in [4.69, 9.17) is 9.26 Å². The zero-order chi connectivity index (χ0) is 13.2. The maximum absolute atomic E-state index is 5.31. The van der Waals surface area contributed by atoms with Crippen molar-refractivity contribution >= 4 is 15.9 Å². The lowest BCUT2D eigenvalue weighted by Gasteiger charge is -2.04. The van der Waals surface area contributed by atoms with Gasteiger partial charge in [-0.25, -0.2) is 0 Å². The van der Waals surface area contributed by atoms with Crippen LogP contribution < -0.4 is 5.32 Å². The van der Waals surface area contributed by atoms with Crippen molar-refractivity contribution in [2.75, 3.05) is 13.7 Å². The zero-order valence-electron chi connectivity index (χ0n) is 10.3. The largest absolute Gasteiger partial charge is 0.380 e. The Hall–Kier alpha value is -1.31. The van der Waals surface area contributed by atoms with Gasteiger partial charge in [-0.3, -0.25) is 4.98 Å². The van der Waals surface area contributed by atoms with Gasteiger partial charge in [0.25, 0.3) is 0 Å². The summed E-state index contributed by atoms with van der Waals surface area (Å²) < 4.78 is 11.5. The lowest BCUT2D eigenvalue weighted by molar-refractivity contribution is 0.116. The number of aromatic nitrogens is 3. The van der Waals surface area contributed by atoms with Crippen molar-refractivity contribution in [3.63, 3.8) is 0 Å². The highest BCUT2D eigenvalue weighted by Crippen LogP contribution is 2.27. The summed E-state index contributed by atoms with van der Waals surface area (Å²) in [5, 5.41) is 7.28. The fraction of sp³-hybridized carbons (Fsp3) is 0.417. The van der Waals surface area contributed by atoms with Crippen molar-refractivity contribution < 1.29 is 9.26 Å². The molecule has 6 nitrogen and oxygen atoms in total. The molecule has 1 aliphatic rings. The summed E-state index contributed by atoms with van der Waals surface area (Å²) >= 11 is 3.43. The molecular weight excluding hydrogens is 312 g/mol. The zero-order valence-corrected chi connectivity index (χ0v) is 11.9. The van der Waals surface area contributed by atoms with Gasteiger partial charge < -0.3 is 14.6 Å². The molecule has 19 heavy (non-hydrogen) atoms. The normalized spacial score (nSPS) is 22.8. The average Bonchev–Trinajstić information content (AvgIpc) is 3.08. The molecule has 7 heteroatoms. The van der Waals surface area contributed by atoms with Gasteiger partial charge in [0.05, 0.1) is 12.1 Å². The van der Waals surface area contributed by atoms with E-state index in [1.54, 1.807) is 13.3 Å². The van der Waals surface area contributed by atoms with Crippen LogP contribution in [0.1, 0.15) is 18.4 Å². The number of nitrogens with one attached hydrogen (secondary N) is 1. The van der Waals surface area contributed by atoms with Crippen LogP contribution in [0.5, 0.6) is 0 Å². The minimum atomic E-state index is 0.0497. The number of hydrogen-bond donors (Lipinski definition) is 1. The molecule has 0 aliphatic carbocycles. The van der Waals surface area contributed by atoms with Gasteiger partial charge in [-0.05, 0) is 34.5 Å². The van der Waals surface area contributed by atoms with Gasteiger partial charge in [-0.2, -0.15) is 4.98 Å². The van der Waals surface area contributed by atoms with Crippen LogP contribution in [0.4, 0.5) is 0 Å². The van der Waals surface area contributed by atoms with Crippen LogP contribution >= 0.6 is 15.9 Å². The molecule has 1 saturated heterocycles. The second-order valence-corrected chi connectivity index (χ2v) is 5.20. The lowest BCUT2D eigenvalue weighted by atomic mass is 10.2. The highest BCUT2D eigenvalue weighted by Gasteiger charge is 2.29. The highest BCUT2D eigenvalue weighted by atomic mass is 79.9. The van der Waals surface area contributed by atoms with Crippen LogP contribution in [0, 0.1) is 0 Å². The van der Waals surface area contributed by atoms with E-state index < -0.39 is 0 Å². The van der Waals surface area contributed by atoms with Crippen molar-refractivity contribution in [3.8, 4) is 11.5 Å². The summed E-state index contributed by atoms with van der Waals surface area (Å²) in [5.41, 5.74) is 0.679. The maximum atomic E-state index is 5.31. The Kier molecular flexibility index (Phi) is 3.58. The second-order valence-electron chi connectivity index (χ2n) is 4.34. The van der Waals surface area contributed by atoms with Crippen LogP contribution in [0.25, 0.3) is 11.5 Å². The number of halogens is 1. The van der Waals surface area contributed by atoms with E-state index >= 15 is 0 Å². The number of hydrogen-bond acceptors (Lipinski definition) is 6. The molecule has 0 aromatic carbocycles. The SMILES string of the molecule is CO[C@@H]1CN[C@@H](c2nc(-c3ncccc3Br)no2)C1. The Labute approximate surface area is 118 Å². The topological polar surface area (TPSA) is 73.1 Å². The molecule has 1 N–H and O–H groups in total. The first-order valence-electron chi connectivity index (χ1n) is 5.98.